The third kappa shape index (κ3) is 3.85. The first-order valence-corrected chi connectivity index (χ1v) is 12.1. The van der Waals surface area contributed by atoms with Gasteiger partial charge >= 0.3 is 0 Å². The van der Waals surface area contributed by atoms with Gasteiger partial charge in [0.2, 0.25) is 5.91 Å². The number of anilines is 1. The van der Waals surface area contributed by atoms with E-state index in [1.807, 2.05) is 46.5 Å². The van der Waals surface area contributed by atoms with Crippen LogP contribution in [0.15, 0.2) is 48.5 Å². The summed E-state index contributed by atoms with van der Waals surface area (Å²) in [7, 11) is 0.621. The first-order chi connectivity index (χ1) is 14.4. The first kappa shape index (κ1) is 20.9. The van der Waals surface area contributed by atoms with E-state index in [9.17, 15) is 9.00 Å². The second-order valence-electron chi connectivity index (χ2n) is 8.54. The van der Waals surface area contributed by atoms with Gasteiger partial charge in [-0.25, -0.2) is 4.21 Å². The van der Waals surface area contributed by atoms with Crippen LogP contribution >= 0.6 is 0 Å². The molecule has 5 nitrogen and oxygen atoms in total. The summed E-state index contributed by atoms with van der Waals surface area (Å²) in [4.78, 5) is 15.1. The minimum atomic E-state index is -1.04. The van der Waals surface area contributed by atoms with E-state index in [2.05, 4.69) is 18.2 Å². The SMILES string of the molecule is COc1ccc(CC(C)C(=O)N2CCC3(CC2)CN(S(C)=O)c2ccccc23)cc1. The molecular formula is C24H30N2O3S. The Kier molecular flexibility index (Phi) is 5.87. The van der Waals surface area contributed by atoms with Crippen molar-refractivity contribution in [1.82, 2.24) is 4.90 Å². The van der Waals surface area contributed by atoms with Crippen LogP contribution in [0.1, 0.15) is 30.9 Å². The average Bonchev–Trinajstić information content (AvgIpc) is 3.09. The van der Waals surface area contributed by atoms with E-state index in [-0.39, 0.29) is 17.2 Å². The fourth-order valence-corrected chi connectivity index (χ4v) is 5.78. The van der Waals surface area contributed by atoms with Gasteiger partial charge in [0.1, 0.15) is 16.7 Å². The molecule has 0 radical (unpaired) electrons. The van der Waals surface area contributed by atoms with Crippen molar-refractivity contribution in [3.05, 3.63) is 59.7 Å². The lowest BCUT2D eigenvalue weighted by atomic mass is 9.74. The highest BCUT2D eigenvalue weighted by molar-refractivity contribution is 7.85. The van der Waals surface area contributed by atoms with E-state index in [1.165, 1.54) is 5.56 Å². The number of para-hydroxylation sites is 1. The molecule has 160 valence electrons. The lowest BCUT2D eigenvalue weighted by Crippen LogP contribution is -2.48. The van der Waals surface area contributed by atoms with Gasteiger partial charge in [-0.15, -0.1) is 0 Å². The van der Waals surface area contributed by atoms with Crippen LogP contribution < -0.4 is 9.04 Å². The summed E-state index contributed by atoms with van der Waals surface area (Å²) in [6.07, 6.45) is 4.31. The highest BCUT2D eigenvalue weighted by Gasteiger charge is 2.46. The molecule has 1 saturated heterocycles. The molecule has 2 aliphatic heterocycles. The van der Waals surface area contributed by atoms with Crippen LogP contribution in [0.5, 0.6) is 5.75 Å². The van der Waals surface area contributed by atoms with Crippen molar-refractivity contribution in [2.24, 2.45) is 5.92 Å². The van der Waals surface area contributed by atoms with E-state index in [1.54, 1.807) is 13.4 Å². The number of fused-ring (bicyclic) bond motifs is 2. The lowest BCUT2D eigenvalue weighted by Gasteiger charge is -2.40. The van der Waals surface area contributed by atoms with Gasteiger partial charge < -0.3 is 9.64 Å². The molecule has 4 rings (SSSR count). The first-order valence-electron chi connectivity index (χ1n) is 10.6. The third-order valence-electron chi connectivity index (χ3n) is 6.66. The van der Waals surface area contributed by atoms with Gasteiger partial charge in [0.15, 0.2) is 0 Å². The summed E-state index contributed by atoms with van der Waals surface area (Å²) in [6, 6.07) is 16.3. The normalized spacial score (nSPS) is 19.4. The van der Waals surface area contributed by atoms with Gasteiger partial charge in [0.25, 0.3) is 0 Å². The number of piperidine rings is 1. The zero-order valence-corrected chi connectivity index (χ0v) is 18.8. The van der Waals surface area contributed by atoms with Crippen molar-refractivity contribution < 1.29 is 13.7 Å². The molecule has 30 heavy (non-hydrogen) atoms. The fraction of sp³-hybridized carbons (Fsp3) is 0.458. The monoisotopic (exact) mass is 426 g/mol. The lowest BCUT2D eigenvalue weighted by molar-refractivity contribution is -0.136. The minimum Gasteiger partial charge on any atom is -0.497 e. The summed E-state index contributed by atoms with van der Waals surface area (Å²) >= 11 is 0. The number of methoxy groups -OCH3 is 1. The fourth-order valence-electron chi connectivity index (χ4n) is 4.91. The molecule has 2 atom stereocenters. The van der Waals surface area contributed by atoms with Crippen molar-refractivity contribution in [3.8, 4) is 5.75 Å². The number of nitrogens with zero attached hydrogens (tertiary/aromatic N) is 2. The van der Waals surface area contributed by atoms with Gasteiger partial charge in [-0.1, -0.05) is 37.3 Å². The van der Waals surface area contributed by atoms with Crippen molar-refractivity contribution in [1.29, 1.82) is 0 Å². The number of likely N-dealkylation sites (tertiary alicyclic amines) is 1. The van der Waals surface area contributed by atoms with Gasteiger partial charge in [-0.2, -0.15) is 0 Å². The Morgan fingerprint density at radius 3 is 2.43 bits per heavy atom. The number of hydrogen-bond acceptors (Lipinski definition) is 3. The summed E-state index contributed by atoms with van der Waals surface area (Å²) in [6.45, 7) is 4.30. The standard InChI is InChI=1S/C24H30N2O3S/c1-18(16-19-8-10-20(29-2)11-9-19)23(27)25-14-12-24(13-15-25)17-26(30(3)28)22-7-5-4-6-21(22)24/h4-11,18H,12-17H2,1-3H3. The maximum absolute atomic E-state index is 13.1. The molecule has 2 unspecified atom stereocenters. The van der Waals surface area contributed by atoms with Crippen molar-refractivity contribution in [2.75, 3.05) is 37.3 Å². The maximum Gasteiger partial charge on any atom is 0.225 e. The van der Waals surface area contributed by atoms with Gasteiger partial charge in [0, 0.05) is 37.2 Å². The van der Waals surface area contributed by atoms with Gasteiger partial charge in [-0.05, 0) is 48.6 Å². The summed E-state index contributed by atoms with van der Waals surface area (Å²) in [5.41, 5.74) is 3.53. The number of rotatable bonds is 5. The van der Waals surface area contributed by atoms with Crippen LogP contribution in [-0.2, 0) is 27.6 Å². The molecule has 0 N–H and O–H groups in total. The van der Waals surface area contributed by atoms with E-state index < -0.39 is 11.0 Å². The van der Waals surface area contributed by atoms with E-state index in [0.29, 0.717) is 0 Å². The molecule has 1 fully saturated rings. The molecule has 0 aromatic heterocycles. The van der Waals surface area contributed by atoms with Crippen LogP contribution in [0.2, 0.25) is 0 Å². The summed E-state index contributed by atoms with van der Waals surface area (Å²) < 4.78 is 19.5. The molecule has 6 heteroatoms. The van der Waals surface area contributed by atoms with Crippen molar-refractivity contribution >= 4 is 22.6 Å². The highest BCUT2D eigenvalue weighted by Crippen LogP contribution is 2.47. The second kappa shape index (κ2) is 8.42. The van der Waals surface area contributed by atoms with Crippen LogP contribution in [0.3, 0.4) is 0 Å². The Bertz CT molecular complexity index is 936. The van der Waals surface area contributed by atoms with Crippen molar-refractivity contribution in [2.45, 2.75) is 31.6 Å². The Hall–Kier alpha value is -2.34. The minimum absolute atomic E-state index is 0.00172. The Balaban J connectivity index is 1.41. The topological polar surface area (TPSA) is 49.9 Å². The van der Waals surface area contributed by atoms with E-state index in [0.717, 1.165) is 55.9 Å². The van der Waals surface area contributed by atoms with Crippen LogP contribution in [-0.4, -0.2) is 48.0 Å². The zero-order chi connectivity index (χ0) is 21.3. The van der Waals surface area contributed by atoms with Crippen molar-refractivity contribution in [3.63, 3.8) is 0 Å². The number of hydrogen-bond donors (Lipinski definition) is 0. The highest BCUT2D eigenvalue weighted by atomic mass is 32.2. The number of ether oxygens (including phenoxy) is 1. The molecule has 2 aromatic rings. The molecule has 2 aliphatic rings. The second-order valence-corrected chi connectivity index (χ2v) is 9.82. The Morgan fingerprint density at radius 2 is 1.80 bits per heavy atom. The quantitative estimate of drug-likeness (QED) is 0.735. The molecule has 0 saturated carbocycles. The smallest absolute Gasteiger partial charge is 0.225 e. The molecule has 1 amide bonds. The molecule has 0 bridgehead atoms. The predicted molar refractivity (Wildman–Crippen MR) is 121 cm³/mol. The molecule has 0 aliphatic carbocycles. The molecular weight excluding hydrogens is 396 g/mol. The maximum atomic E-state index is 13.1. The summed E-state index contributed by atoms with van der Waals surface area (Å²) in [5.74, 6) is 1.00. The zero-order valence-electron chi connectivity index (χ0n) is 18.0. The van der Waals surface area contributed by atoms with Gasteiger partial charge in [0.05, 0.1) is 12.8 Å². The van der Waals surface area contributed by atoms with Crippen LogP contribution in [0.4, 0.5) is 5.69 Å². The van der Waals surface area contributed by atoms with Crippen LogP contribution in [0.25, 0.3) is 0 Å². The Labute approximate surface area is 181 Å². The molecule has 2 aromatic carbocycles. The largest absolute Gasteiger partial charge is 0.497 e. The van der Waals surface area contributed by atoms with Gasteiger partial charge in [-0.3, -0.25) is 9.10 Å². The Morgan fingerprint density at radius 1 is 1.13 bits per heavy atom. The summed E-state index contributed by atoms with van der Waals surface area (Å²) in [5, 5.41) is 0. The molecule has 2 heterocycles. The predicted octanol–water partition coefficient (Wildman–Crippen LogP) is 3.55. The molecule has 1 spiro atoms. The average molecular weight is 427 g/mol. The number of benzene rings is 2. The van der Waals surface area contributed by atoms with Crippen LogP contribution in [0, 0.1) is 5.92 Å². The van der Waals surface area contributed by atoms with E-state index in [4.69, 9.17) is 4.74 Å². The third-order valence-corrected chi connectivity index (χ3v) is 7.60. The number of carbonyl (C=O) groups excluding carboxylic acids is 1. The van der Waals surface area contributed by atoms with E-state index >= 15 is 0 Å². The number of carbonyl (C=O) groups is 1. The number of amides is 1.